The van der Waals surface area contributed by atoms with E-state index in [0.29, 0.717) is 55.0 Å². The molecule has 2 aromatic rings. The molecule has 0 aromatic heterocycles. The molecule has 2 aromatic carbocycles. The second kappa shape index (κ2) is 18.7. The number of rotatable bonds is 19. The van der Waals surface area contributed by atoms with E-state index in [1.54, 1.807) is 13.8 Å². The van der Waals surface area contributed by atoms with Crippen LogP contribution < -0.4 is 5.32 Å². The lowest BCUT2D eigenvalue weighted by Gasteiger charge is -2.36. The standard InChI is InChI=1S/C37H57NO7SSi/c1-27-30(17-18-31(39)38-19-23-43-20-14-24-46-26-29-15-11-10-12-16-29)34(41)28(2)33(35(27)42)37(6,7)25-32(40)44-21-13-22-45-47(8,9)36(3,4)5/h10-12,15-18,41-42H,13-14,19-26H2,1-9H3,(H,38,39). The molecule has 0 saturated heterocycles. The van der Waals surface area contributed by atoms with Crippen LogP contribution in [0.15, 0.2) is 36.4 Å². The van der Waals surface area contributed by atoms with Gasteiger partial charge in [0.15, 0.2) is 8.32 Å². The van der Waals surface area contributed by atoms with Crippen molar-refractivity contribution in [2.75, 3.05) is 38.7 Å². The molecule has 0 atom stereocenters. The van der Waals surface area contributed by atoms with E-state index in [9.17, 15) is 19.8 Å². The summed E-state index contributed by atoms with van der Waals surface area (Å²) in [6.07, 6.45) is 4.40. The van der Waals surface area contributed by atoms with Gasteiger partial charge in [0.25, 0.3) is 0 Å². The monoisotopic (exact) mass is 687 g/mol. The maximum Gasteiger partial charge on any atom is 0.306 e. The molecule has 8 nitrogen and oxygen atoms in total. The highest BCUT2D eigenvalue weighted by atomic mass is 32.2. The number of hydrogen-bond acceptors (Lipinski definition) is 8. The molecule has 0 fully saturated rings. The van der Waals surface area contributed by atoms with Gasteiger partial charge in [-0.25, -0.2) is 0 Å². The highest BCUT2D eigenvalue weighted by Gasteiger charge is 2.37. The third-order valence-corrected chi connectivity index (χ3v) is 14.4. The van der Waals surface area contributed by atoms with E-state index in [1.165, 1.54) is 17.7 Å². The Hall–Kier alpha value is -2.79. The fourth-order valence-corrected chi connectivity index (χ4v) is 6.89. The number of phenols is 2. The van der Waals surface area contributed by atoms with Crippen LogP contribution in [0.3, 0.4) is 0 Å². The van der Waals surface area contributed by atoms with Gasteiger partial charge in [-0.3, -0.25) is 9.59 Å². The fraction of sp³-hybridized carbons (Fsp3) is 0.568. The predicted molar refractivity (Wildman–Crippen MR) is 196 cm³/mol. The molecule has 1 amide bonds. The van der Waals surface area contributed by atoms with Crippen LogP contribution >= 0.6 is 11.8 Å². The summed E-state index contributed by atoms with van der Waals surface area (Å²) in [5.41, 5.74) is 2.20. The summed E-state index contributed by atoms with van der Waals surface area (Å²) in [4.78, 5) is 25.2. The van der Waals surface area contributed by atoms with E-state index in [1.807, 2.05) is 43.8 Å². The zero-order chi connectivity index (χ0) is 35.3. The van der Waals surface area contributed by atoms with Crippen molar-refractivity contribution in [1.82, 2.24) is 5.32 Å². The highest BCUT2D eigenvalue weighted by Crippen LogP contribution is 2.45. The first-order chi connectivity index (χ1) is 22.0. The Bertz CT molecular complexity index is 1310. The molecule has 0 aliphatic rings. The normalized spacial score (nSPS) is 12.4. The van der Waals surface area contributed by atoms with Crippen LogP contribution in [0.1, 0.15) is 81.7 Å². The van der Waals surface area contributed by atoms with Crippen LogP contribution in [0.4, 0.5) is 0 Å². The number of nitrogens with one attached hydrogen (secondary N) is 1. The Morgan fingerprint density at radius 1 is 0.915 bits per heavy atom. The minimum Gasteiger partial charge on any atom is -0.507 e. The van der Waals surface area contributed by atoms with Crippen molar-refractivity contribution >= 4 is 38.0 Å². The molecular weight excluding hydrogens is 631 g/mol. The first-order valence-corrected chi connectivity index (χ1v) is 20.5. The van der Waals surface area contributed by atoms with Crippen LogP contribution in [0.25, 0.3) is 6.08 Å². The fourth-order valence-electron chi connectivity index (χ4n) is 4.91. The van der Waals surface area contributed by atoms with Gasteiger partial charge in [-0.1, -0.05) is 65.0 Å². The van der Waals surface area contributed by atoms with Crippen molar-refractivity contribution in [3.63, 3.8) is 0 Å². The zero-order valence-electron chi connectivity index (χ0n) is 30.0. The van der Waals surface area contributed by atoms with Gasteiger partial charge in [0.05, 0.1) is 19.6 Å². The Morgan fingerprint density at radius 3 is 2.26 bits per heavy atom. The quantitative estimate of drug-likeness (QED) is 0.0451. The van der Waals surface area contributed by atoms with E-state index >= 15 is 0 Å². The Kier molecular flexibility index (Phi) is 16.0. The third kappa shape index (κ3) is 13.0. The molecule has 0 radical (unpaired) electrons. The van der Waals surface area contributed by atoms with E-state index in [4.69, 9.17) is 13.9 Å². The Balaban J connectivity index is 1.83. The molecule has 0 bridgehead atoms. The van der Waals surface area contributed by atoms with Crippen LogP contribution in [-0.4, -0.2) is 69.1 Å². The smallest absolute Gasteiger partial charge is 0.306 e. The number of ether oxygens (including phenoxy) is 2. The van der Waals surface area contributed by atoms with Gasteiger partial charge in [0.2, 0.25) is 5.91 Å². The number of hydrogen-bond donors (Lipinski definition) is 3. The van der Waals surface area contributed by atoms with Gasteiger partial charge in [-0.05, 0) is 61.4 Å². The van der Waals surface area contributed by atoms with Crippen molar-refractivity contribution in [1.29, 1.82) is 0 Å². The number of carbonyl (C=O) groups is 2. The van der Waals surface area contributed by atoms with Crippen LogP contribution in [-0.2, 0) is 34.7 Å². The summed E-state index contributed by atoms with van der Waals surface area (Å²) in [6, 6.07) is 10.4. The van der Waals surface area contributed by atoms with E-state index in [0.717, 1.165) is 17.9 Å². The summed E-state index contributed by atoms with van der Waals surface area (Å²) in [5.74, 6) is 1.22. The summed E-state index contributed by atoms with van der Waals surface area (Å²) in [5, 5.41) is 25.2. The number of esters is 1. The number of phenolic OH excluding ortho intramolecular Hbond substituents is 2. The number of carbonyl (C=O) groups excluding carboxylic acids is 2. The average molecular weight is 688 g/mol. The number of benzene rings is 2. The minimum atomic E-state index is -1.85. The summed E-state index contributed by atoms with van der Waals surface area (Å²) in [6.45, 7) is 20.2. The lowest BCUT2D eigenvalue weighted by Crippen LogP contribution is -2.41. The minimum absolute atomic E-state index is 0.0174. The van der Waals surface area contributed by atoms with Crippen molar-refractivity contribution in [3.8, 4) is 11.5 Å². The molecule has 47 heavy (non-hydrogen) atoms. The summed E-state index contributed by atoms with van der Waals surface area (Å²) >= 11 is 1.87. The van der Waals surface area contributed by atoms with Gasteiger partial charge in [0.1, 0.15) is 11.5 Å². The van der Waals surface area contributed by atoms with Crippen LogP contribution in [0.5, 0.6) is 11.5 Å². The molecule has 0 saturated carbocycles. The van der Waals surface area contributed by atoms with Gasteiger partial charge >= 0.3 is 5.97 Å². The number of amides is 1. The Morgan fingerprint density at radius 2 is 1.60 bits per heavy atom. The van der Waals surface area contributed by atoms with Crippen LogP contribution in [0.2, 0.25) is 18.1 Å². The molecule has 0 heterocycles. The third-order valence-electron chi connectivity index (χ3n) is 8.70. The largest absolute Gasteiger partial charge is 0.507 e. The highest BCUT2D eigenvalue weighted by molar-refractivity contribution is 7.98. The first kappa shape index (κ1) is 40.4. The maximum absolute atomic E-state index is 12.8. The maximum atomic E-state index is 12.8. The first-order valence-electron chi connectivity index (χ1n) is 16.5. The van der Waals surface area contributed by atoms with Crippen molar-refractivity contribution in [2.24, 2.45) is 0 Å². The zero-order valence-corrected chi connectivity index (χ0v) is 31.8. The van der Waals surface area contributed by atoms with Gasteiger partial charge in [0, 0.05) is 60.1 Å². The molecule has 10 heteroatoms. The molecule has 0 aliphatic heterocycles. The molecular formula is C37H57NO7SSi. The summed E-state index contributed by atoms with van der Waals surface area (Å²) in [7, 11) is -1.85. The molecule has 3 N–H and O–H groups in total. The second-order valence-corrected chi connectivity index (χ2v) is 20.0. The molecule has 0 unspecified atom stereocenters. The SMILES string of the molecule is Cc1c(O)c(C(C)(C)CC(=O)OCCCO[Si](C)(C)C(C)(C)C)c(C)c(O)c1C=CC(=O)NCCOCCCSCc1ccccc1. The molecule has 0 aliphatic carbocycles. The topological polar surface area (TPSA) is 114 Å². The average Bonchev–Trinajstić information content (AvgIpc) is 2.98. The number of thioether (sulfide) groups is 1. The van der Waals surface area contributed by atoms with Gasteiger partial charge < -0.3 is 29.4 Å². The molecule has 262 valence electrons. The van der Waals surface area contributed by atoms with E-state index < -0.39 is 13.7 Å². The van der Waals surface area contributed by atoms with Gasteiger partial charge in [-0.15, -0.1) is 0 Å². The van der Waals surface area contributed by atoms with E-state index in [-0.39, 0.29) is 41.4 Å². The number of aromatic hydroxyl groups is 2. The van der Waals surface area contributed by atoms with Crippen molar-refractivity contribution < 1.29 is 33.7 Å². The van der Waals surface area contributed by atoms with Crippen molar-refractivity contribution in [3.05, 3.63) is 64.2 Å². The molecule has 2 rings (SSSR count). The second-order valence-electron chi connectivity index (χ2n) is 14.1. The van der Waals surface area contributed by atoms with Crippen LogP contribution in [0, 0.1) is 13.8 Å². The lowest BCUT2D eigenvalue weighted by atomic mass is 9.76. The van der Waals surface area contributed by atoms with Crippen molar-refractivity contribution in [2.45, 2.75) is 97.0 Å². The summed E-state index contributed by atoms with van der Waals surface area (Å²) < 4.78 is 17.3. The predicted octanol–water partition coefficient (Wildman–Crippen LogP) is 7.81. The Labute approximate surface area is 287 Å². The molecule has 0 spiro atoms. The van der Waals surface area contributed by atoms with E-state index in [2.05, 4.69) is 51.3 Å². The lowest BCUT2D eigenvalue weighted by molar-refractivity contribution is -0.145. The van der Waals surface area contributed by atoms with Gasteiger partial charge in [-0.2, -0.15) is 11.8 Å².